The first-order valence-electron chi connectivity index (χ1n) is 13.9. The van der Waals surface area contributed by atoms with Crippen molar-refractivity contribution in [2.75, 3.05) is 0 Å². The Labute approximate surface area is 249 Å². The van der Waals surface area contributed by atoms with Crippen molar-refractivity contribution < 1.29 is 0 Å². The molecule has 6 aromatic carbocycles. The van der Waals surface area contributed by atoms with Gasteiger partial charge in [-0.3, -0.25) is 0 Å². The van der Waals surface area contributed by atoms with Crippen LogP contribution in [-0.4, -0.2) is 4.57 Å². The standard InChI is InChI=1S/C39H22N4/c40-23-26-6-3-7-29(16-26)30-8-4-9-31(20-30)32-10-5-11-33(21-32)34-17-28(25-42)18-35(22-34)43-38-13-2-1-12-36(38)37-19-27(24-41)14-15-39(37)43/h1-22H. The largest absolute Gasteiger partial charge is 0.309 e. The number of hydrogen-bond acceptors (Lipinski definition) is 3. The first kappa shape index (κ1) is 25.6. The van der Waals surface area contributed by atoms with E-state index in [2.05, 4.69) is 77.4 Å². The number of nitriles is 3. The molecule has 7 rings (SSSR count). The van der Waals surface area contributed by atoms with E-state index in [9.17, 15) is 15.8 Å². The third-order valence-electron chi connectivity index (χ3n) is 7.82. The van der Waals surface area contributed by atoms with Crippen LogP contribution in [0.1, 0.15) is 16.7 Å². The average molecular weight is 547 g/mol. The SMILES string of the molecule is N#Cc1cccc(-c2cccc(-c3cccc(-c4cc(C#N)cc(-n5c6ccccc6c6cc(C#N)ccc65)c4)c3)c2)c1. The molecule has 0 amide bonds. The number of fused-ring (bicyclic) bond motifs is 3. The summed E-state index contributed by atoms with van der Waals surface area (Å²) in [6.07, 6.45) is 0. The summed E-state index contributed by atoms with van der Waals surface area (Å²) in [6, 6.07) is 51.0. The smallest absolute Gasteiger partial charge is 0.0992 e. The van der Waals surface area contributed by atoms with E-state index in [0.29, 0.717) is 16.7 Å². The predicted octanol–water partition coefficient (Wildman–Crippen LogP) is 9.40. The number of nitrogens with zero attached hydrogens (tertiary/aromatic N) is 4. The molecule has 0 aliphatic rings. The maximum absolute atomic E-state index is 10.0. The summed E-state index contributed by atoms with van der Waals surface area (Å²) >= 11 is 0. The van der Waals surface area contributed by atoms with Crippen molar-refractivity contribution in [1.82, 2.24) is 4.57 Å². The highest BCUT2D eigenvalue weighted by atomic mass is 15.0. The van der Waals surface area contributed by atoms with Gasteiger partial charge in [0.2, 0.25) is 0 Å². The molecule has 0 saturated heterocycles. The van der Waals surface area contributed by atoms with Gasteiger partial charge in [-0.05, 0) is 100 Å². The second-order valence-electron chi connectivity index (χ2n) is 10.4. The summed E-state index contributed by atoms with van der Waals surface area (Å²) in [5.41, 5.74) is 10.8. The zero-order valence-corrected chi connectivity index (χ0v) is 23.0. The first-order chi connectivity index (χ1) is 21.1. The van der Waals surface area contributed by atoms with Crippen LogP contribution < -0.4 is 0 Å². The van der Waals surface area contributed by atoms with E-state index in [-0.39, 0.29) is 0 Å². The number of aromatic nitrogens is 1. The Bertz CT molecular complexity index is 2340. The molecule has 0 atom stereocenters. The van der Waals surface area contributed by atoms with Crippen LogP contribution in [0.15, 0.2) is 133 Å². The summed E-state index contributed by atoms with van der Waals surface area (Å²) < 4.78 is 2.17. The zero-order chi connectivity index (χ0) is 29.3. The Kier molecular flexibility index (Phi) is 6.26. The van der Waals surface area contributed by atoms with Gasteiger partial charge in [-0.2, -0.15) is 15.8 Å². The third kappa shape index (κ3) is 4.58. The highest BCUT2D eigenvalue weighted by molar-refractivity contribution is 6.09. The van der Waals surface area contributed by atoms with E-state index in [1.165, 1.54) is 0 Å². The molecule has 0 saturated carbocycles. The van der Waals surface area contributed by atoms with E-state index in [0.717, 1.165) is 60.9 Å². The Morgan fingerprint density at radius 3 is 1.58 bits per heavy atom. The van der Waals surface area contributed by atoms with E-state index >= 15 is 0 Å². The fourth-order valence-corrected chi connectivity index (χ4v) is 5.82. The van der Waals surface area contributed by atoms with Crippen molar-refractivity contribution in [3.05, 3.63) is 150 Å². The number of para-hydroxylation sites is 1. The lowest BCUT2D eigenvalue weighted by Gasteiger charge is -2.13. The molecule has 198 valence electrons. The van der Waals surface area contributed by atoms with E-state index in [1.54, 1.807) is 0 Å². The molecule has 7 aromatic rings. The molecule has 0 bridgehead atoms. The average Bonchev–Trinajstić information content (AvgIpc) is 3.41. The zero-order valence-electron chi connectivity index (χ0n) is 23.0. The van der Waals surface area contributed by atoms with E-state index < -0.39 is 0 Å². The Morgan fingerprint density at radius 1 is 0.372 bits per heavy atom. The molecule has 0 aliphatic carbocycles. The van der Waals surface area contributed by atoms with Gasteiger partial charge < -0.3 is 4.57 Å². The molecule has 0 aliphatic heterocycles. The molecular weight excluding hydrogens is 524 g/mol. The monoisotopic (exact) mass is 546 g/mol. The van der Waals surface area contributed by atoms with Crippen molar-refractivity contribution in [1.29, 1.82) is 15.8 Å². The van der Waals surface area contributed by atoms with Crippen molar-refractivity contribution in [2.24, 2.45) is 0 Å². The minimum atomic E-state index is 0.567. The molecule has 0 radical (unpaired) electrons. The Balaban J connectivity index is 1.36. The summed E-state index contributed by atoms with van der Waals surface area (Å²) in [5, 5.41) is 30.9. The minimum Gasteiger partial charge on any atom is -0.309 e. The van der Waals surface area contributed by atoms with Crippen molar-refractivity contribution >= 4 is 21.8 Å². The lowest BCUT2D eigenvalue weighted by molar-refractivity contribution is 1.18. The van der Waals surface area contributed by atoms with Gasteiger partial charge in [0.05, 0.1) is 45.9 Å². The van der Waals surface area contributed by atoms with Crippen molar-refractivity contribution in [3.8, 4) is 57.3 Å². The number of hydrogen-bond donors (Lipinski definition) is 0. The van der Waals surface area contributed by atoms with Gasteiger partial charge in [-0.1, -0.05) is 66.7 Å². The Hall–Kier alpha value is -6.41. The molecule has 0 fully saturated rings. The van der Waals surface area contributed by atoms with Gasteiger partial charge >= 0.3 is 0 Å². The summed E-state index contributed by atoms with van der Waals surface area (Å²) in [5.74, 6) is 0. The molecule has 1 aromatic heterocycles. The lowest BCUT2D eigenvalue weighted by Crippen LogP contribution is -1.96. The number of benzene rings is 6. The van der Waals surface area contributed by atoms with E-state index in [4.69, 9.17) is 0 Å². The van der Waals surface area contributed by atoms with Crippen LogP contribution in [0.2, 0.25) is 0 Å². The molecule has 0 unspecified atom stereocenters. The van der Waals surface area contributed by atoms with Gasteiger partial charge in [-0.15, -0.1) is 0 Å². The summed E-state index contributed by atoms with van der Waals surface area (Å²) in [4.78, 5) is 0. The molecule has 1 heterocycles. The van der Waals surface area contributed by atoms with Gasteiger partial charge in [-0.25, -0.2) is 0 Å². The molecular formula is C39H22N4. The second-order valence-corrected chi connectivity index (χ2v) is 10.4. The third-order valence-corrected chi connectivity index (χ3v) is 7.82. The van der Waals surface area contributed by atoms with Crippen molar-refractivity contribution in [2.45, 2.75) is 0 Å². The molecule has 0 spiro atoms. The first-order valence-corrected chi connectivity index (χ1v) is 13.9. The van der Waals surface area contributed by atoms with Gasteiger partial charge in [0.1, 0.15) is 0 Å². The van der Waals surface area contributed by atoms with Crippen LogP contribution >= 0.6 is 0 Å². The molecule has 43 heavy (non-hydrogen) atoms. The minimum absolute atomic E-state index is 0.567. The lowest BCUT2D eigenvalue weighted by atomic mass is 9.95. The normalized spacial score (nSPS) is 10.7. The fourth-order valence-electron chi connectivity index (χ4n) is 5.82. The number of rotatable bonds is 4. The fraction of sp³-hybridized carbons (Fsp3) is 0. The molecule has 4 heteroatoms. The quantitative estimate of drug-likeness (QED) is 0.221. The maximum Gasteiger partial charge on any atom is 0.0992 e. The molecule has 0 N–H and O–H groups in total. The van der Waals surface area contributed by atoms with Crippen LogP contribution in [0.4, 0.5) is 0 Å². The summed E-state index contributed by atoms with van der Waals surface area (Å²) in [7, 11) is 0. The van der Waals surface area contributed by atoms with Crippen molar-refractivity contribution in [3.63, 3.8) is 0 Å². The van der Waals surface area contributed by atoms with Crippen LogP contribution in [-0.2, 0) is 0 Å². The summed E-state index contributed by atoms with van der Waals surface area (Å²) in [6.45, 7) is 0. The van der Waals surface area contributed by atoms with Gasteiger partial charge in [0.25, 0.3) is 0 Å². The van der Waals surface area contributed by atoms with Crippen LogP contribution in [0.5, 0.6) is 0 Å². The highest BCUT2D eigenvalue weighted by Gasteiger charge is 2.15. The predicted molar refractivity (Wildman–Crippen MR) is 171 cm³/mol. The van der Waals surface area contributed by atoms with Crippen LogP contribution in [0.3, 0.4) is 0 Å². The van der Waals surface area contributed by atoms with Crippen LogP contribution in [0, 0.1) is 34.0 Å². The highest BCUT2D eigenvalue weighted by Crippen LogP contribution is 2.35. The van der Waals surface area contributed by atoms with E-state index in [1.807, 2.05) is 78.9 Å². The van der Waals surface area contributed by atoms with Gasteiger partial charge in [0.15, 0.2) is 0 Å². The van der Waals surface area contributed by atoms with Gasteiger partial charge in [0, 0.05) is 16.5 Å². The van der Waals surface area contributed by atoms with Crippen LogP contribution in [0.25, 0.3) is 60.9 Å². The Morgan fingerprint density at radius 2 is 0.907 bits per heavy atom. The second kappa shape index (κ2) is 10.5. The molecule has 4 nitrogen and oxygen atoms in total. The maximum atomic E-state index is 10.0. The topological polar surface area (TPSA) is 76.3 Å².